The summed E-state index contributed by atoms with van der Waals surface area (Å²) in [5.74, 6) is 1.10. The van der Waals surface area contributed by atoms with Crippen molar-refractivity contribution >= 4 is 22.6 Å². The van der Waals surface area contributed by atoms with Crippen LogP contribution >= 0.6 is 0 Å². The van der Waals surface area contributed by atoms with Crippen molar-refractivity contribution in [1.29, 1.82) is 0 Å². The number of aromatic nitrogens is 6. The molecule has 0 radical (unpaired) electrons. The lowest BCUT2D eigenvalue weighted by atomic mass is 9.93. The average Bonchev–Trinajstić information content (AvgIpc) is 3.34. The van der Waals surface area contributed by atoms with E-state index in [0.29, 0.717) is 35.1 Å². The van der Waals surface area contributed by atoms with Gasteiger partial charge < -0.3 is 14.6 Å². The molecule has 0 aliphatic heterocycles. The minimum absolute atomic E-state index is 0.332. The fourth-order valence-corrected chi connectivity index (χ4v) is 4.47. The number of nitrogens with one attached hydrogen (secondary N) is 1. The number of nitrogens with zero attached hydrogens (tertiary/aromatic N) is 6. The summed E-state index contributed by atoms with van der Waals surface area (Å²) in [6.45, 7) is 1.30. The van der Waals surface area contributed by atoms with Crippen LogP contribution in [0.15, 0.2) is 30.7 Å². The molecule has 0 atom stereocenters. The van der Waals surface area contributed by atoms with Gasteiger partial charge in [0.15, 0.2) is 5.65 Å². The summed E-state index contributed by atoms with van der Waals surface area (Å²) < 4.78 is 34.8. The maximum atomic E-state index is 13.0. The zero-order valence-corrected chi connectivity index (χ0v) is 18.0. The average molecular weight is 441 g/mol. The predicted octanol–water partition coefficient (Wildman–Crippen LogP) is 4.08. The first-order valence-electron chi connectivity index (χ1n) is 10.8. The van der Waals surface area contributed by atoms with Crippen LogP contribution in [-0.2, 0) is 11.3 Å². The highest BCUT2D eigenvalue weighted by molar-refractivity contribution is 5.85. The van der Waals surface area contributed by atoms with Crippen LogP contribution in [0.3, 0.4) is 0 Å². The number of rotatable bonds is 6. The number of hydrogen-bond acceptors (Lipinski definition) is 6. The fourth-order valence-electron chi connectivity index (χ4n) is 4.47. The fraction of sp³-hybridized carbons (Fsp3) is 0.455. The van der Waals surface area contributed by atoms with Gasteiger partial charge in [0.1, 0.15) is 5.82 Å². The third-order valence-corrected chi connectivity index (χ3v) is 6.19. The van der Waals surface area contributed by atoms with Crippen LogP contribution in [0.4, 0.5) is 14.7 Å². The van der Waals surface area contributed by atoms with Gasteiger partial charge in [0.05, 0.1) is 29.9 Å². The molecular weight excluding hydrogens is 416 g/mol. The lowest BCUT2D eigenvalue weighted by Crippen LogP contribution is -2.30. The van der Waals surface area contributed by atoms with Crippen LogP contribution < -0.4 is 5.32 Å². The largest absolute Gasteiger partial charge is 0.381 e. The van der Waals surface area contributed by atoms with Gasteiger partial charge in [-0.15, -0.1) is 5.10 Å². The van der Waals surface area contributed by atoms with Crippen LogP contribution in [0.1, 0.15) is 31.5 Å². The summed E-state index contributed by atoms with van der Waals surface area (Å²) in [6.07, 6.45) is 7.33. The molecule has 4 aromatic heterocycles. The highest BCUT2D eigenvalue weighted by Gasteiger charge is 2.21. The SMILES string of the molecule is CO[C@H]1CC[C@H](Nc2ncc3c(-c4cnc5nc(C)n(CC(F)F)c5c4)ccn3n2)CC1. The Balaban J connectivity index is 1.42. The van der Waals surface area contributed by atoms with Gasteiger partial charge in [-0.05, 0) is 44.7 Å². The van der Waals surface area contributed by atoms with Crippen LogP contribution in [0.2, 0.25) is 0 Å². The molecule has 0 spiro atoms. The maximum Gasteiger partial charge on any atom is 0.256 e. The summed E-state index contributed by atoms with van der Waals surface area (Å²) in [5, 5.41) is 8.03. The molecule has 1 fully saturated rings. The van der Waals surface area contributed by atoms with Gasteiger partial charge in [-0.1, -0.05) is 0 Å². The lowest BCUT2D eigenvalue weighted by molar-refractivity contribution is 0.0681. The highest BCUT2D eigenvalue weighted by Crippen LogP contribution is 2.28. The Morgan fingerprint density at radius 2 is 1.97 bits per heavy atom. The number of ether oxygens (including phenoxy) is 1. The van der Waals surface area contributed by atoms with Crippen molar-refractivity contribution in [2.24, 2.45) is 0 Å². The van der Waals surface area contributed by atoms with Crippen LogP contribution in [0, 0.1) is 6.92 Å². The monoisotopic (exact) mass is 441 g/mol. The van der Waals surface area contributed by atoms with Gasteiger partial charge in [-0.25, -0.2) is 28.2 Å². The second-order valence-corrected chi connectivity index (χ2v) is 8.22. The first kappa shape index (κ1) is 20.7. The number of imidazole rings is 1. The molecule has 0 bridgehead atoms. The van der Waals surface area contributed by atoms with E-state index >= 15 is 0 Å². The molecule has 0 amide bonds. The van der Waals surface area contributed by atoms with E-state index in [1.54, 1.807) is 30.9 Å². The topological polar surface area (TPSA) is 82.2 Å². The third-order valence-electron chi connectivity index (χ3n) is 6.19. The van der Waals surface area contributed by atoms with Gasteiger partial charge in [0.2, 0.25) is 5.95 Å². The summed E-state index contributed by atoms with van der Waals surface area (Å²) in [5.41, 5.74) is 3.55. The standard InChI is InChI=1S/C22H25F2N7O/c1-13-27-21-18(30(13)12-20(23)24)9-14(10-25-21)17-7-8-31-19(17)11-26-22(29-31)28-15-3-5-16(32-2)6-4-15/h7-11,15-16,20H,3-6,12H2,1-2H3,(H,28,29)/t15-,16-. The van der Waals surface area contributed by atoms with E-state index in [4.69, 9.17) is 4.74 Å². The molecule has 1 aliphatic rings. The van der Waals surface area contributed by atoms with Crippen molar-refractivity contribution in [3.8, 4) is 11.1 Å². The number of anilines is 1. The van der Waals surface area contributed by atoms with E-state index in [1.165, 1.54) is 4.57 Å². The number of methoxy groups -OCH3 is 1. The van der Waals surface area contributed by atoms with Gasteiger partial charge in [-0.3, -0.25) is 0 Å². The number of alkyl halides is 2. The highest BCUT2D eigenvalue weighted by atomic mass is 19.3. The van der Waals surface area contributed by atoms with E-state index < -0.39 is 13.0 Å². The number of aryl methyl sites for hydroxylation is 1. The molecule has 1 N–H and O–H groups in total. The Hall–Kier alpha value is -3.14. The van der Waals surface area contributed by atoms with E-state index in [1.807, 2.05) is 18.3 Å². The van der Waals surface area contributed by atoms with Crippen LogP contribution in [0.5, 0.6) is 0 Å². The molecule has 0 aromatic carbocycles. The molecule has 4 heterocycles. The Labute approximate surface area is 183 Å². The van der Waals surface area contributed by atoms with E-state index in [-0.39, 0.29) is 0 Å². The number of fused-ring (bicyclic) bond motifs is 2. The minimum Gasteiger partial charge on any atom is -0.381 e. The number of halogens is 2. The van der Waals surface area contributed by atoms with Gasteiger partial charge >= 0.3 is 0 Å². The number of pyridine rings is 1. The Morgan fingerprint density at radius 3 is 2.72 bits per heavy atom. The first-order chi connectivity index (χ1) is 15.5. The molecule has 5 rings (SSSR count). The van der Waals surface area contributed by atoms with E-state index in [9.17, 15) is 8.78 Å². The Morgan fingerprint density at radius 1 is 1.16 bits per heavy atom. The molecule has 1 saturated carbocycles. The normalized spacial score (nSPS) is 19.3. The van der Waals surface area contributed by atoms with Crippen molar-refractivity contribution in [3.63, 3.8) is 0 Å². The van der Waals surface area contributed by atoms with E-state index in [2.05, 4.69) is 25.4 Å². The molecule has 8 nitrogen and oxygen atoms in total. The smallest absolute Gasteiger partial charge is 0.256 e. The summed E-state index contributed by atoms with van der Waals surface area (Å²) >= 11 is 0. The predicted molar refractivity (Wildman–Crippen MR) is 117 cm³/mol. The third kappa shape index (κ3) is 3.90. The molecule has 10 heteroatoms. The first-order valence-corrected chi connectivity index (χ1v) is 10.8. The van der Waals surface area contributed by atoms with E-state index in [0.717, 1.165) is 42.3 Å². The molecule has 168 valence electrons. The zero-order valence-electron chi connectivity index (χ0n) is 18.0. The minimum atomic E-state index is -2.46. The second-order valence-electron chi connectivity index (χ2n) is 8.22. The maximum absolute atomic E-state index is 13.0. The van der Waals surface area contributed by atoms with Crippen molar-refractivity contribution in [2.75, 3.05) is 12.4 Å². The summed E-state index contributed by atoms with van der Waals surface area (Å²) in [7, 11) is 1.76. The van der Waals surface area contributed by atoms with Crippen molar-refractivity contribution < 1.29 is 13.5 Å². The van der Waals surface area contributed by atoms with Gasteiger partial charge in [-0.2, -0.15) is 0 Å². The molecular formula is C22H25F2N7O. The Kier molecular flexibility index (Phi) is 5.46. The zero-order chi connectivity index (χ0) is 22.2. The second kappa shape index (κ2) is 8.42. The lowest BCUT2D eigenvalue weighted by Gasteiger charge is -2.28. The van der Waals surface area contributed by atoms with Crippen molar-refractivity contribution in [1.82, 2.24) is 29.1 Å². The van der Waals surface area contributed by atoms with Crippen molar-refractivity contribution in [2.45, 2.75) is 57.7 Å². The Bertz CT molecular complexity index is 1240. The van der Waals surface area contributed by atoms with Gasteiger partial charge in [0.25, 0.3) is 6.43 Å². The molecule has 0 unspecified atom stereocenters. The summed E-state index contributed by atoms with van der Waals surface area (Å²) in [6, 6.07) is 4.11. The summed E-state index contributed by atoms with van der Waals surface area (Å²) in [4.78, 5) is 13.2. The quantitative estimate of drug-likeness (QED) is 0.486. The molecule has 1 aliphatic carbocycles. The molecule has 0 saturated heterocycles. The van der Waals surface area contributed by atoms with Crippen LogP contribution in [0.25, 0.3) is 27.8 Å². The number of hydrogen-bond donors (Lipinski definition) is 1. The molecule has 32 heavy (non-hydrogen) atoms. The van der Waals surface area contributed by atoms with Crippen LogP contribution in [-0.4, -0.2) is 54.8 Å². The molecule has 4 aromatic rings. The van der Waals surface area contributed by atoms with Crippen molar-refractivity contribution in [3.05, 3.63) is 36.5 Å². The van der Waals surface area contributed by atoms with Gasteiger partial charge in [0, 0.05) is 36.7 Å².